The van der Waals surface area contributed by atoms with Crippen LogP contribution in [0.5, 0.6) is 0 Å². The fourth-order valence-electron chi connectivity index (χ4n) is 2.40. The van der Waals surface area contributed by atoms with Crippen molar-refractivity contribution in [3.05, 3.63) is 36.2 Å². The Morgan fingerprint density at radius 3 is 2.45 bits per heavy atom. The second kappa shape index (κ2) is 12.3. The summed E-state index contributed by atoms with van der Waals surface area (Å²) in [6.07, 6.45) is 18.5. The van der Waals surface area contributed by atoms with Crippen LogP contribution in [0.15, 0.2) is 36.2 Å². The molecule has 0 spiro atoms. The topological polar surface area (TPSA) is 64.1 Å². The van der Waals surface area contributed by atoms with E-state index in [1.807, 2.05) is 12.3 Å². The SMILES string of the molecule is CCCCC(CCCCC(N)N)C1=CC=CC=CN1.[H-].[Li+]. The van der Waals surface area contributed by atoms with E-state index >= 15 is 0 Å². The van der Waals surface area contributed by atoms with Crippen LogP contribution < -0.4 is 35.6 Å². The fourth-order valence-corrected chi connectivity index (χ4v) is 2.40. The standard InChI is InChI=1S/C16H29N3.Li.H/c1-2-3-9-14(10-6-7-12-16(17)18)15-11-5-4-8-13-19-15;;/h4-5,8,11,13-14,16,19H,2-3,6-7,9-10,12,17-18H2,1H3;;/q;+1;-1. The van der Waals surface area contributed by atoms with Gasteiger partial charge in [0.05, 0.1) is 6.17 Å². The molecular formula is C16H30LiN3. The molecule has 1 rings (SSSR count). The third kappa shape index (κ3) is 8.66. The first-order valence-electron chi connectivity index (χ1n) is 7.55. The predicted molar refractivity (Wildman–Crippen MR) is 84.3 cm³/mol. The summed E-state index contributed by atoms with van der Waals surface area (Å²) in [6.45, 7) is 2.25. The quantitative estimate of drug-likeness (QED) is 0.320. The number of hydrogen-bond donors (Lipinski definition) is 3. The van der Waals surface area contributed by atoms with E-state index in [4.69, 9.17) is 11.5 Å². The number of nitrogens with one attached hydrogen (secondary N) is 1. The van der Waals surface area contributed by atoms with E-state index in [2.05, 4.69) is 30.5 Å². The summed E-state index contributed by atoms with van der Waals surface area (Å²) >= 11 is 0. The Kier molecular flexibility index (Phi) is 12.0. The van der Waals surface area contributed by atoms with Crippen molar-refractivity contribution < 1.29 is 20.3 Å². The molecule has 0 aromatic rings. The zero-order valence-corrected chi connectivity index (χ0v) is 13.1. The average molecular weight is 271 g/mol. The van der Waals surface area contributed by atoms with Crippen molar-refractivity contribution in [2.45, 2.75) is 58.0 Å². The van der Waals surface area contributed by atoms with Crippen LogP contribution in [0.1, 0.15) is 53.3 Å². The second-order valence-electron chi connectivity index (χ2n) is 5.30. The fraction of sp³-hybridized carbons (Fsp3) is 0.625. The molecule has 1 aliphatic heterocycles. The third-order valence-electron chi connectivity index (χ3n) is 3.53. The molecule has 5 N–H and O–H groups in total. The van der Waals surface area contributed by atoms with E-state index in [-0.39, 0.29) is 26.5 Å². The van der Waals surface area contributed by atoms with Crippen molar-refractivity contribution >= 4 is 0 Å². The normalized spacial score (nSPS) is 15.3. The van der Waals surface area contributed by atoms with Crippen LogP contribution in [0.25, 0.3) is 0 Å². The minimum Gasteiger partial charge on any atom is -1.00 e. The van der Waals surface area contributed by atoms with Crippen molar-refractivity contribution in [2.75, 3.05) is 0 Å². The molecule has 110 valence electrons. The average Bonchev–Trinajstić information content (AvgIpc) is 2.66. The van der Waals surface area contributed by atoms with Crippen LogP contribution in [0.2, 0.25) is 0 Å². The van der Waals surface area contributed by atoms with E-state index < -0.39 is 0 Å². The van der Waals surface area contributed by atoms with E-state index in [0.29, 0.717) is 5.92 Å². The Labute approximate surface area is 137 Å². The summed E-state index contributed by atoms with van der Waals surface area (Å²) in [6, 6.07) is 0. The molecule has 0 fully saturated rings. The molecule has 1 atom stereocenters. The smallest absolute Gasteiger partial charge is 1.00 e. The van der Waals surface area contributed by atoms with Gasteiger partial charge in [0.1, 0.15) is 0 Å². The van der Waals surface area contributed by atoms with Crippen molar-refractivity contribution in [3.63, 3.8) is 0 Å². The minimum atomic E-state index is -0.157. The first-order valence-corrected chi connectivity index (χ1v) is 7.55. The van der Waals surface area contributed by atoms with Crippen LogP contribution in [-0.2, 0) is 0 Å². The molecule has 1 heterocycles. The van der Waals surface area contributed by atoms with Crippen molar-refractivity contribution in [2.24, 2.45) is 17.4 Å². The Morgan fingerprint density at radius 1 is 1.05 bits per heavy atom. The zero-order chi connectivity index (χ0) is 13.9. The third-order valence-corrected chi connectivity index (χ3v) is 3.53. The summed E-state index contributed by atoms with van der Waals surface area (Å²) < 4.78 is 0. The molecule has 3 nitrogen and oxygen atoms in total. The van der Waals surface area contributed by atoms with Gasteiger partial charge in [0.25, 0.3) is 0 Å². The molecule has 4 heteroatoms. The van der Waals surface area contributed by atoms with Gasteiger partial charge in [0, 0.05) is 11.9 Å². The maximum atomic E-state index is 5.59. The van der Waals surface area contributed by atoms with Gasteiger partial charge in [-0.05, 0) is 37.3 Å². The van der Waals surface area contributed by atoms with Crippen LogP contribution >= 0.6 is 0 Å². The van der Waals surface area contributed by atoms with Crippen molar-refractivity contribution in [1.82, 2.24) is 5.32 Å². The maximum Gasteiger partial charge on any atom is 1.00 e. The number of rotatable bonds is 9. The number of nitrogens with two attached hydrogens (primary N) is 2. The molecule has 1 unspecified atom stereocenters. The second-order valence-corrected chi connectivity index (χ2v) is 5.30. The van der Waals surface area contributed by atoms with Crippen molar-refractivity contribution in [3.8, 4) is 0 Å². The van der Waals surface area contributed by atoms with Crippen LogP contribution in [0.3, 0.4) is 0 Å². The van der Waals surface area contributed by atoms with Gasteiger partial charge in [-0.3, -0.25) is 0 Å². The molecule has 0 saturated carbocycles. The first-order chi connectivity index (χ1) is 9.24. The summed E-state index contributed by atoms with van der Waals surface area (Å²) in [5.74, 6) is 0.626. The molecule has 0 radical (unpaired) electrons. The van der Waals surface area contributed by atoms with Crippen LogP contribution in [0, 0.1) is 5.92 Å². The predicted octanol–water partition coefficient (Wildman–Crippen LogP) is 0.270. The number of unbranched alkanes of at least 4 members (excludes halogenated alkanes) is 2. The molecule has 1 aliphatic rings. The summed E-state index contributed by atoms with van der Waals surface area (Å²) in [7, 11) is 0. The summed E-state index contributed by atoms with van der Waals surface area (Å²) in [4.78, 5) is 0. The number of hydrogen-bond acceptors (Lipinski definition) is 3. The van der Waals surface area contributed by atoms with E-state index in [1.54, 1.807) is 0 Å². The largest absolute Gasteiger partial charge is 1.00 e. The Bertz CT molecular complexity index is 327. The van der Waals surface area contributed by atoms with Gasteiger partial charge in [0.2, 0.25) is 0 Å². The summed E-state index contributed by atoms with van der Waals surface area (Å²) in [5.41, 5.74) is 12.5. The van der Waals surface area contributed by atoms with Gasteiger partial charge < -0.3 is 18.2 Å². The van der Waals surface area contributed by atoms with Gasteiger partial charge in [-0.15, -0.1) is 0 Å². The first kappa shape index (κ1) is 19.5. The van der Waals surface area contributed by atoms with E-state index in [1.165, 1.54) is 37.8 Å². The molecule has 0 aliphatic carbocycles. The molecular weight excluding hydrogens is 241 g/mol. The molecule has 20 heavy (non-hydrogen) atoms. The number of allylic oxidation sites excluding steroid dienone is 5. The molecule has 0 aromatic carbocycles. The van der Waals surface area contributed by atoms with E-state index in [9.17, 15) is 0 Å². The van der Waals surface area contributed by atoms with Gasteiger partial charge in [-0.2, -0.15) is 0 Å². The van der Waals surface area contributed by atoms with Gasteiger partial charge in [-0.1, -0.05) is 44.8 Å². The van der Waals surface area contributed by atoms with Gasteiger partial charge in [0.15, 0.2) is 0 Å². The monoisotopic (exact) mass is 271 g/mol. The Balaban J connectivity index is 0. The Morgan fingerprint density at radius 2 is 1.75 bits per heavy atom. The molecule has 0 amide bonds. The minimum absolute atomic E-state index is 0. The van der Waals surface area contributed by atoms with E-state index in [0.717, 1.165) is 12.8 Å². The zero-order valence-electron chi connectivity index (χ0n) is 14.1. The van der Waals surface area contributed by atoms with Crippen molar-refractivity contribution in [1.29, 1.82) is 0 Å². The van der Waals surface area contributed by atoms with Gasteiger partial charge >= 0.3 is 18.9 Å². The molecule has 0 aromatic heterocycles. The van der Waals surface area contributed by atoms with Crippen LogP contribution in [0.4, 0.5) is 0 Å². The molecule has 0 saturated heterocycles. The van der Waals surface area contributed by atoms with Crippen LogP contribution in [-0.4, -0.2) is 6.17 Å². The maximum absolute atomic E-state index is 5.59. The summed E-state index contributed by atoms with van der Waals surface area (Å²) in [5, 5.41) is 3.41. The molecule has 0 bridgehead atoms. The Hall–Kier alpha value is -0.463. The van der Waals surface area contributed by atoms with Gasteiger partial charge in [-0.25, -0.2) is 0 Å².